The van der Waals surface area contributed by atoms with Crippen LogP contribution in [0.2, 0.25) is 0 Å². The molecule has 0 heterocycles. The van der Waals surface area contributed by atoms with Crippen LogP contribution < -0.4 is 0 Å². The summed E-state index contributed by atoms with van der Waals surface area (Å²) in [5, 5.41) is 0. The van der Waals surface area contributed by atoms with Crippen molar-refractivity contribution < 1.29 is 27.3 Å². The maximum Gasteiger partial charge on any atom is 0.824 e. The lowest BCUT2D eigenvalue weighted by Crippen LogP contribution is -2.48. The molecule has 0 radical (unpaired) electrons. The van der Waals surface area contributed by atoms with Crippen molar-refractivity contribution in [1.29, 1.82) is 0 Å². The summed E-state index contributed by atoms with van der Waals surface area (Å²) in [6.07, 6.45) is 0. The third kappa shape index (κ3) is 4.01. The molecule has 0 aromatic carbocycles. The lowest BCUT2D eigenvalue weighted by atomic mass is 10.9. The Morgan fingerprint density at radius 3 is 1.62 bits per heavy atom. The molecular formula is C6H12O6Si. The van der Waals surface area contributed by atoms with E-state index in [-0.39, 0.29) is 26.2 Å². The Labute approximate surface area is 77.2 Å². The number of hydrogen-bond donors (Lipinski definition) is 0. The molecule has 76 valence electrons. The molecule has 0 aliphatic carbocycles. The van der Waals surface area contributed by atoms with Crippen molar-refractivity contribution in [2.45, 2.75) is 13.8 Å². The molecule has 0 aromatic rings. The van der Waals surface area contributed by atoms with Crippen LogP contribution in [-0.4, -0.2) is 35.2 Å². The molecule has 6 nitrogen and oxygen atoms in total. The van der Waals surface area contributed by atoms with Gasteiger partial charge in [0.05, 0.1) is 0 Å². The Kier molecular flexibility index (Phi) is 6.11. The second-order valence-electron chi connectivity index (χ2n) is 1.79. The maximum atomic E-state index is 10.1. The summed E-state index contributed by atoms with van der Waals surface area (Å²) < 4.78 is 18.9. The van der Waals surface area contributed by atoms with Crippen molar-refractivity contribution in [2.24, 2.45) is 0 Å². The molecule has 0 atom stereocenters. The first kappa shape index (κ1) is 12.1. The van der Waals surface area contributed by atoms with Crippen LogP contribution in [0.4, 0.5) is 0 Å². The fourth-order valence-corrected chi connectivity index (χ4v) is 2.03. The van der Waals surface area contributed by atoms with Gasteiger partial charge in [-0.1, -0.05) is 0 Å². The SMILES string of the molecule is CCO[Si](OC=O)(OC=O)OCC. The van der Waals surface area contributed by atoms with E-state index in [0.29, 0.717) is 0 Å². The van der Waals surface area contributed by atoms with E-state index >= 15 is 0 Å². The fraction of sp³-hybridized carbons (Fsp3) is 0.667. The largest absolute Gasteiger partial charge is 0.824 e. The lowest BCUT2D eigenvalue weighted by molar-refractivity contribution is -0.137. The highest BCUT2D eigenvalue weighted by atomic mass is 28.4. The van der Waals surface area contributed by atoms with Gasteiger partial charge in [-0.25, -0.2) is 0 Å². The van der Waals surface area contributed by atoms with Crippen LogP contribution in [-0.2, 0) is 27.3 Å². The molecular weight excluding hydrogens is 196 g/mol. The first-order valence-corrected chi connectivity index (χ1v) is 5.38. The molecule has 13 heavy (non-hydrogen) atoms. The quantitative estimate of drug-likeness (QED) is 0.408. The standard InChI is InChI=1S/C6H12O6Si/c1-3-9-13(10-4-2,11-5-7)12-6-8/h5-6H,3-4H2,1-2H3. The molecule has 0 saturated carbocycles. The van der Waals surface area contributed by atoms with Gasteiger partial charge in [0, 0.05) is 13.2 Å². The van der Waals surface area contributed by atoms with Crippen molar-refractivity contribution in [1.82, 2.24) is 0 Å². The Morgan fingerprint density at radius 2 is 1.38 bits per heavy atom. The predicted molar refractivity (Wildman–Crippen MR) is 43.3 cm³/mol. The highest BCUT2D eigenvalue weighted by Crippen LogP contribution is 2.08. The third-order valence-electron chi connectivity index (χ3n) is 1.03. The minimum Gasteiger partial charge on any atom is -0.445 e. The van der Waals surface area contributed by atoms with Crippen LogP contribution >= 0.6 is 0 Å². The molecule has 0 aliphatic heterocycles. The van der Waals surface area contributed by atoms with Crippen molar-refractivity contribution in [3.8, 4) is 0 Å². The Hall–Kier alpha value is -0.923. The second kappa shape index (κ2) is 6.58. The lowest BCUT2D eigenvalue weighted by Gasteiger charge is -2.21. The first-order chi connectivity index (χ1) is 6.24. The number of carbonyl (C=O) groups is 2. The molecule has 0 N–H and O–H groups in total. The van der Waals surface area contributed by atoms with Gasteiger partial charge >= 0.3 is 9.05 Å². The van der Waals surface area contributed by atoms with Crippen molar-refractivity contribution >= 4 is 22.0 Å². The summed E-state index contributed by atoms with van der Waals surface area (Å²) in [4.78, 5) is 20.2. The second-order valence-corrected chi connectivity index (χ2v) is 3.84. The Morgan fingerprint density at radius 1 is 1.00 bits per heavy atom. The zero-order valence-corrected chi connectivity index (χ0v) is 8.52. The van der Waals surface area contributed by atoms with Gasteiger partial charge in [0.25, 0.3) is 12.9 Å². The van der Waals surface area contributed by atoms with Crippen LogP contribution in [0.25, 0.3) is 0 Å². The minimum atomic E-state index is -3.53. The van der Waals surface area contributed by atoms with E-state index in [0.717, 1.165) is 0 Å². The fourth-order valence-electron chi connectivity index (χ4n) is 0.677. The average molecular weight is 208 g/mol. The predicted octanol–water partition coefficient (Wildman–Crippen LogP) is -0.159. The molecule has 0 saturated heterocycles. The van der Waals surface area contributed by atoms with E-state index in [1.165, 1.54) is 0 Å². The van der Waals surface area contributed by atoms with E-state index in [4.69, 9.17) is 8.85 Å². The Balaban J connectivity index is 4.35. The van der Waals surface area contributed by atoms with Crippen LogP contribution in [0, 0.1) is 0 Å². The maximum absolute atomic E-state index is 10.1. The van der Waals surface area contributed by atoms with Gasteiger partial charge < -0.3 is 17.7 Å². The minimum absolute atomic E-state index is 0.140. The molecule has 0 unspecified atom stereocenters. The molecule has 0 aliphatic rings. The van der Waals surface area contributed by atoms with Crippen molar-refractivity contribution in [3.63, 3.8) is 0 Å². The van der Waals surface area contributed by atoms with Crippen molar-refractivity contribution in [3.05, 3.63) is 0 Å². The molecule has 0 spiro atoms. The summed E-state index contributed by atoms with van der Waals surface area (Å²) in [6, 6.07) is 0. The molecule has 0 rings (SSSR count). The van der Waals surface area contributed by atoms with Gasteiger partial charge in [-0.3, -0.25) is 9.59 Å². The average Bonchev–Trinajstić information content (AvgIpc) is 2.06. The normalized spacial score (nSPS) is 10.6. The molecule has 0 amide bonds. The number of hydrogen-bond acceptors (Lipinski definition) is 6. The number of rotatable bonds is 8. The third-order valence-corrected chi connectivity index (χ3v) is 3.08. The summed E-state index contributed by atoms with van der Waals surface area (Å²) in [6.45, 7) is 4.08. The van der Waals surface area contributed by atoms with Gasteiger partial charge in [-0.05, 0) is 13.8 Å². The summed E-state index contributed by atoms with van der Waals surface area (Å²) in [7, 11) is -3.53. The Bertz CT molecular complexity index is 143. The summed E-state index contributed by atoms with van der Waals surface area (Å²) >= 11 is 0. The zero-order valence-electron chi connectivity index (χ0n) is 7.52. The molecule has 0 aromatic heterocycles. The van der Waals surface area contributed by atoms with Gasteiger partial charge in [-0.2, -0.15) is 0 Å². The van der Waals surface area contributed by atoms with Crippen molar-refractivity contribution in [2.75, 3.05) is 13.2 Å². The van der Waals surface area contributed by atoms with Gasteiger partial charge in [-0.15, -0.1) is 0 Å². The highest BCUT2D eigenvalue weighted by Gasteiger charge is 2.50. The van der Waals surface area contributed by atoms with Gasteiger partial charge in [0.15, 0.2) is 0 Å². The first-order valence-electron chi connectivity index (χ1n) is 3.75. The van der Waals surface area contributed by atoms with Crippen LogP contribution in [0.3, 0.4) is 0 Å². The van der Waals surface area contributed by atoms with Crippen LogP contribution in [0.1, 0.15) is 13.8 Å². The van der Waals surface area contributed by atoms with E-state index in [9.17, 15) is 9.59 Å². The summed E-state index contributed by atoms with van der Waals surface area (Å²) in [5.74, 6) is 0. The molecule has 7 heteroatoms. The van der Waals surface area contributed by atoms with Gasteiger partial charge in [0.2, 0.25) is 0 Å². The van der Waals surface area contributed by atoms with E-state index in [2.05, 4.69) is 8.85 Å². The van der Waals surface area contributed by atoms with Crippen LogP contribution in [0.15, 0.2) is 0 Å². The zero-order chi connectivity index (χ0) is 10.2. The topological polar surface area (TPSA) is 71.1 Å². The van der Waals surface area contributed by atoms with E-state index in [1.54, 1.807) is 13.8 Å². The molecule has 0 bridgehead atoms. The van der Waals surface area contributed by atoms with E-state index in [1.807, 2.05) is 0 Å². The molecule has 0 fully saturated rings. The smallest absolute Gasteiger partial charge is 0.445 e. The monoisotopic (exact) mass is 208 g/mol. The summed E-state index contributed by atoms with van der Waals surface area (Å²) in [5.41, 5.74) is 0. The highest BCUT2D eigenvalue weighted by molar-refractivity contribution is 6.56. The van der Waals surface area contributed by atoms with E-state index < -0.39 is 9.05 Å². The van der Waals surface area contributed by atoms with Gasteiger partial charge in [0.1, 0.15) is 0 Å². The van der Waals surface area contributed by atoms with Crippen LogP contribution in [0.5, 0.6) is 0 Å². The number of carbonyl (C=O) groups excluding carboxylic acids is 2.